The molecule has 1 N–H and O–H groups in total. The Bertz CT molecular complexity index is 165. The molecule has 2 heteroatoms. The molecule has 2 fully saturated rings. The van der Waals surface area contributed by atoms with Gasteiger partial charge in [0.25, 0.3) is 0 Å². The van der Waals surface area contributed by atoms with Crippen molar-refractivity contribution in [1.29, 1.82) is 0 Å². The number of carbonyl (C=O) groups is 1. The average molecular weight is 140 g/mol. The van der Waals surface area contributed by atoms with Crippen LogP contribution in [0.1, 0.15) is 32.1 Å². The molecule has 0 radical (unpaired) electrons. The van der Waals surface area contributed by atoms with E-state index < -0.39 is 5.97 Å². The van der Waals surface area contributed by atoms with E-state index in [1.807, 2.05) is 0 Å². The molecule has 2 rings (SSSR count). The highest BCUT2D eigenvalue weighted by molar-refractivity contribution is 5.72. The maximum Gasteiger partial charge on any atom is 0.307 e. The molecule has 2 aliphatic rings. The zero-order chi connectivity index (χ0) is 7.19. The molecular formula is C8H12O2. The summed E-state index contributed by atoms with van der Waals surface area (Å²) in [7, 11) is 0. The molecule has 2 saturated carbocycles. The van der Waals surface area contributed by atoms with Crippen molar-refractivity contribution in [2.24, 2.45) is 11.3 Å². The van der Waals surface area contributed by atoms with E-state index in [0.29, 0.717) is 0 Å². The quantitative estimate of drug-likeness (QED) is 0.601. The van der Waals surface area contributed by atoms with Gasteiger partial charge in [-0.2, -0.15) is 0 Å². The van der Waals surface area contributed by atoms with Crippen LogP contribution >= 0.6 is 0 Å². The van der Waals surface area contributed by atoms with Crippen LogP contribution in [0, 0.1) is 11.3 Å². The lowest BCUT2D eigenvalue weighted by Gasteiger charge is -2.54. The molecule has 10 heavy (non-hydrogen) atoms. The first-order chi connectivity index (χ1) is 4.75. The number of rotatable bonds is 1. The Morgan fingerprint density at radius 1 is 1.40 bits per heavy atom. The lowest BCUT2D eigenvalue weighted by atomic mass is 9.50. The standard InChI is InChI=1S/C8H12O2/c9-7(10)6-2-5-8(6)3-1-4-8/h6H,1-5H2,(H,9,10). The third-order valence-electron chi connectivity index (χ3n) is 3.32. The third kappa shape index (κ3) is 0.568. The Morgan fingerprint density at radius 2 is 2.10 bits per heavy atom. The highest BCUT2D eigenvalue weighted by Gasteiger charge is 2.53. The summed E-state index contributed by atoms with van der Waals surface area (Å²) in [6.45, 7) is 0. The van der Waals surface area contributed by atoms with Gasteiger partial charge in [-0.25, -0.2) is 0 Å². The minimum Gasteiger partial charge on any atom is -0.481 e. The number of carboxylic acids is 1. The van der Waals surface area contributed by atoms with Crippen LogP contribution in [0.5, 0.6) is 0 Å². The SMILES string of the molecule is O=C(O)C1CCC12CCC2. The fourth-order valence-electron chi connectivity index (χ4n) is 2.31. The van der Waals surface area contributed by atoms with E-state index in [1.54, 1.807) is 0 Å². The van der Waals surface area contributed by atoms with Crippen LogP contribution in [0.2, 0.25) is 0 Å². The fourth-order valence-corrected chi connectivity index (χ4v) is 2.31. The van der Waals surface area contributed by atoms with Gasteiger partial charge in [0.05, 0.1) is 5.92 Å². The lowest BCUT2D eigenvalue weighted by Crippen LogP contribution is -2.49. The van der Waals surface area contributed by atoms with Crippen molar-refractivity contribution in [2.75, 3.05) is 0 Å². The van der Waals surface area contributed by atoms with Crippen LogP contribution in [0.4, 0.5) is 0 Å². The molecule has 0 bridgehead atoms. The van der Waals surface area contributed by atoms with E-state index in [0.717, 1.165) is 6.42 Å². The summed E-state index contributed by atoms with van der Waals surface area (Å²) >= 11 is 0. The summed E-state index contributed by atoms with van der Waals surface area (Å²) < 4.78 is 0. The monoisotopic (exact) mass is 140 g/mol. The molecule has 0 saturated heterocycles. The maximum atomic E-state index is 10.6. The van der Waals surface area contributed by atoms with Gasteiger partial charge in [0.2, 0.25) is 0 Å². The number of hydrogen-bond acceptors (Lipinski definition) is 1. The van der Waals surface area contributed by atoms with Crippen molar-refractivity contribution < 1.29 is 9.90 Å². The zero-order valence-corrected chi connectivity index (χ0v) is 5.97. The topological polar surface area (TPSA) is 37.3 Å². The first kappa shape index (κ1) is 6.20. The van der Waals surface area contributed by atoms with E-state index >= 15 is 0 Å². The second-order valence-corrected chi connectivity index (χ2v) is 3.65. The molecule has 0 aliphatic heterocycles. The number of carboxylic acid groups (broad SMARTS) is 1. The average Bonchev–Trinajstić information content (AvgIpc) is 1.53. The highest BCUT2D eigenvalue weighted by atomic mass is 16.4. The maximum absolute atomic E-state index is 10.6. The van der Waals surface area contributed by atoms with Crippen LogP contribution in [0.25, 0.3) is 0 Å². The van der Waals surface area contributed by atoms with Crippen LogP contribution in [0.3, 0.4) is 0 Å². The van der Waals surface area contributed by atoms with Crippen molar-refractivity contribution in [2.45, 2.75) is 32.1 Å². The summed E-state index contributed by atoms with van der Waals surface area (Å²) in [6.07, 6.45) is 5.69. The number of aliphatic carboxylic acids is 1. The van der Waals surface area contributed by atoms with Gasteiger partial charge >= 0.3 is 5.97 Å². The van der Waals surface area contributed by atoms with Gasteiger partial charge in [0.15, 0.2) is 0 Å². The summed E-state index contributed by atoms with van der Waals surface area (Å²) in [4.78, 5) is 10.6. The summed E-state index contributed by atoms with van der Waals surface area (Å²) in [5.41, 5.74) is 0.284. The van der Waals surface area contributed by atoms with Gasteiger partial charge < -0.3 is 5.11 Å². The van der Waals surface area contributed by atoms with E-state index in [-0.39, 0.29) is 11.3 Å². The van der Waals surface area contributed by atoms with Crippen LogP contribution < -0.4 is 0 Å². The van der Waals surface area contributed by atoms with Crippen LogP contribution in [-0.2, 0) is 4.79 Å². The predicted molar refractivity (Wildman–Crippen MR) is 36.6 cm³/mol. The molecule has 2 aliphatic carbocycles. The Hall–Kier alpha value is -0.530. The highest BCUT2D eigenvalue weighted by Crippen LogP contribution is 2.59. The lowest BCUT2D eigenvalue weighted by molar-refractivity contribution is -0.161. The molecule has 1 spiro atoms. The first-order valence-corrected chi connectivity index (χ1v) is 3.97. The molecule has 1 unspecified atom stereocenters. The summed E-state index contributed by atoms with van der Waals surface area (Å²) in [5, 5.41) is 8.73. The molecule has 2 nitrogen and oxygen atoms in total. The third-order valence-corrected chi connectivity index (χ3v) is 3.32. The van der Waals surface area contributed by atoms with Crippen molar-refractivity contribution in [1.82, 2.24) is 0 Å². The Morgan fingerprint density at radius 3 is 2.20 bits per heavy atom. The number of hydrogen-bond donors (Lipinski definition) is 1. The molecule has 56 valence electrons. The Kier molecular flexibility index (Phi) is 1.08. The summed E-state index contributed by atoms with van der Waals surface area (Å²) in [5.74, 6) is -0.549. The molecule has 0 aromatic rings. The molecule has 0 aromatic heterocycles. The van der Waals surface area contributed by atoms with E-state index in [9.17, 15) is 4.79 Å². The smallest absolute Gasteiger partial charge is 0.307 e. The van der Waals surface area contributed by atoms with Crippen LogP contribution in [0.15, 0.2) is 0 Å². The molecule has 0 amide bonds. The van der Waals surface area contributed by atoms with Gasteiger partial charge in [-0.05, 0) is 31.1 Å². The van der Waals surface area contributed by atoms with Crippen molar-refractivity contribution in [3.63, 3.8) is 0 Å². The molecule has 0 heterocycles. The normalized spacial score (nSPS) is 34.6. The van der Waals surface area contributed by atoms with E-state index in [4.69, 9.17) is 5.11 Å². The van der Waals surface area contributed by atoms with Crippen molar-refractivity contribution >= 4 is 5.97 Å². The van der Waals surface area contributed by atoms with Crippen LogP contribution in [-0.4, -0.2) is 11.1 Å². The Balaban J connectivity index is 2.05. The largest absolute Gasteiger partial charge is 0.481 e. The summed E-state index contributed by atoms with van der Waals surface area (Å²) in [6, 6.07) is 0. The van der Waals surface area contributed by atoms with Gasteiger partial charge in [0, 0.05) is 0 Å². The van der Waals surface area contributed by atoms with E-state index in [2.05, 4.69) is 0 Å². The fraction of sp³-hybridized carbons (Fsp3) is 0.875. The van der Waals surface area contributed by atoms with Crippen molar-refractivity contribution in [3.8, 4) is 0 Å². The predicted octanol–water partition coefficient (Wildman–Crippen LogP) is 1.65. The van der Waals surface area contributed by atoms with Gasteiger partial charge in [-0.1, -0.05) is 6.42 Å². The second kappa shape index (κ2) is 1.74. The zero-order valence-electron chi connectivity index (χ0n) is 5.97. The first-order valence-electron chi connectivity index (χ1n) is 3.97. The minimum atomic E-state index is -0.564. The van der Waals surface area contributed by atoms with Crippen molar-refractivity contribution in [3.05, 3.63) is 0 Å². The van der Waals surface area contributed by atoms with Gasteiger partial charge in [-0.3, -0.25) is 4.79 Å². The second-order valence-electron chi connectivity index (χ2n) is 3.65. The molecular weight excluding hydrogens is 128 g/mol. The molecule has 1 atom stereocenters. The van der Waals surface area contributed by atoms with Gasteiger partial charge in [0.1, 0.15) is 0 Å². The van der Waals surface area contributed by atoms with Gasteiger partial charge in [-0.15, -0.1) is 0 Å². The Labute approximate surface area is 60.2 Å². The molecule has 0 aromatic carbocycles. The minimum absolute atomic E-state index is 0.0150. The van der Waals surface area contributed by atoms with E-state index in [1.165, 1.54) is 25.7 Å².